The summed E-state index contributed by atoms with van der Waals surface area (Å²) in [5.74, 6) is 0. The van der Waals surface area contributed by atoms with Crippen molar-refractivity contribution in [1.82, 2.24) is 0 Å². The quantitative estimate of drug-likeness (QED) is 0.168. The van der Waals surface area contributed by atoms with Gasteiger partial charge in [0.1, 0.15) is 0 Å². The lowest BCUT2D eigenvalue weighted by molar-refractivity contribution is 0.586. The third kappa shape index (κ3) is 5.90. The van der Waals surface area contributed by atoms with Crippen LogP contribution in [0.5, 0.6) is 0 Å². The van der Waals surface area contributed by atoms with Crippen LogP contribution in [0.25, 0.3) is 55.3 Å². The summed E-state index contributed by atoms with van der Waals surface area (Å²) in [7, 11) is 0. The van der Waals surface area contributed by atoms with Crippen LogP contribution in [0.4, 0.5) is 17.1 Å². The van der Waals surface area contributed by atoms with Gasteiger partial charge in [0.05, 0.1) is 5.41 Å². The summed E-state index contributed by atoms with van der Waals surface area (Å²) in [6.07, 6.45) is 0. The fourth-order valence-corrected chi connectivity index (χ4v) is 10.4. The molecule has 0 radical (unpaired) electrons. The second-order valence-electron chi connectivity index (χ2n) is 19.4. The van der Waals surface area contributed by atoms with Crippen molar-refractivity contribution >= 4 is 27.8 Å². The Bertz CT molecular complexity index is 3100. The van der Waals surface area contributed by atoms with E-state index in [4.69, 9.17) is 0 Å². The molecule has 0 saturated heterocycles. The van der Waals surface area contributed by atoms with E-state index in [1.165, 1.54) is 88.7 Å². The first-order valence-corrected chi connectivity index (χ1v) is 22.1. The highest BCUT2D eigenvalue weighted by Crippen LogP contribution is 2.64. The molecule has 0 amide bonds. The van der Waals surface area contributed by atoms with E-state index in [9.17, 15) is 0 Å². The fourth-order valence-electron chi connectivity index (χ4n) is 10.4. The smallest absolute Gasteiger partial charge is 0.0726 e. The van der Waals surface area contributed by atoms with Gasteiger partial charge in [0.2, 0.25) is 0 Å². The summed E-state index contributed by atoms with van der Waals surface area (Å²) in [4.78, 5) is 2.45. The van der Waals surface area contributed by atoms with Gasteiger partial charge in [0.25, 0.3) is 0 Å². The Hall–Kier alpha value is -6.96. The minimum absolute atomic E-state index is 0.00865. The third-order valence-corrected chi connectivity index (χ3v) is 13.6. The first kappa shape index (κ1) is 38.0. The monoisotopic (exact) mass is 797 g/mol. The Kier molecular flexibility index (Phi) is 8.61. The molecule has 0 atom stereocenters. The Labute approximate surface area is 367 Å². The molecule has 0 fully saturated rings. The number of hydrogen-bond acceptors (Lipinski definition) is 1. The maximum atomic E-state index is 2.54. The molecule has 0 aliphatic heterocycles. The Morgan fingerprint density at radius 3 is 1.40 bits per heavy atom. The molecule has 2 aliphatic rings. The normalized spacial score (nSPS) is 13.5. The molecule has 62 heavy (non-hydrogen) atoms. The molecule has 0 N–H and O–H groups in total. The zero-order valence-corrected chi connectivity index (χ0v) is 36.5. The van der Waals surface area contributed by atoms with Crippen LogP contribution in [0.15, 0.2) is 200 Å². The molecule has 0 unspecified atom stereocenters. The molecule has 9 aromatic rings. The summed E-state index contributed by atoms with van der Waals surface area (Å²) < 4.78 is 0. The number of hydrogen-bond donors (Lipinski definition) is 0. The van der Waals surface area contributed by atoms with Crippen LogP contribution in [-0.4, -0.2) is 0 Å². The second-order valence-corrected chi connectivity index (χ2v) is 19.4. The molecular formula is C61H51N. The Morgan fingerprint density at radius 2 is 0.774 bits per heavy atom. The lowest BCUT2D eigenvalue weighted by Crippen LogP contribution is -2.27. The van der Waals surface area contributed by atoms with Gasteiger partial charge in [-0.15, -0.1) is 0 Å². The largest absolute Gasteiger partial charge is 0.310 e. The zero-order chi connectivity index (χ0) is 42.4. The predicted octanol–water partition coefficient (Wildman–Crippen LogP) is 16.6. The van der Waals surface area contributed by atoms with Gasteiger partial charge in [-0.05, 0) is 136 Å². The van der Waals surface area contributed by atoms with Crippen LogP contribution in [0.2, 0.25) is 0 Å². The lowest BCUT2D eigenvalue weighted by Gasteiger charge is -2.34. The minimum Gasteiger partial charge on any atom is -0.310 e. The van der Waals surface area contributed by atoms with E-state index in [1.54, 1.807) is 0 Å². The van der Waals surface area contributed by atoms with E-state index in [0.717, 1.165) is 17.1 Å². The first-order chi connectivity index (χ1) is 30.0. The van der Waals surface area contributed by atoms with Gasteiger partial charge in [0.15, 0.2) is 0 Å². The summed E-state index contributed by atoms with van der Waals surface area (Å²) in [6, 6.07) is 75.3. The highest BCUT2D eigenvalue weighted by molar-refractivity contribution is 5.98. The molecule has 0 saturated carbocycles. The molecule has 1 heteroatoms. The Balaban J connectivity index is 1.15. The van der Waals surface area contributed by atoms with Crippen molar-refractivity contribution in [2.24, 2.45) is 0 Å². The summed E-state index contributed by atoms with van der Waals surface area (Å²) >= 11 is 0. The van der Waals surface area contributed by atoms with Gasteiger partial charge in [-0.25, -0.2) is 0 Å². The molecule has 1 spiro atoms. The van der Waals surface area contributed by atoms with E-state index in [2.05, 4.69) is 247 Å². The van der Waals surface area contributed by atoms with E-state index in [0.29, 0.717) is 0 Å². The first-order valence-electron chi connectivity index (χ1n) is 22.1. The second kappa shape index (κ2) is 14.0. The molecule has 9 aromatic carbocycles. The molecule has 2 aliphatic carbocycles. The van der Waals surface area contributed by atoms with E-state index in [1.807, 2.05) is 0 Å². The van der Waals surface area contributed by atoms with Crippen molar-refractivity contribution in [1.29, 1.82) is 0 Å². The van der Waals surface area contributed by atoms with Crippen molar-refractivity contribution in [3.8, 4) is 44.5 Å². The van der Waals surface area contributed by atoms with Crippen LogP contribution in [0.1, 0.15) is 74.9 Å². The van der Waals surface area contributed by atoms with Crippen molar-refractivity contribution in [2.45, 2.75) is 57.8 Å². The van der Waals surface area contributed by atoms with Crippen molar-refractivity contribution < 1.29 is 0 Å². The van der Waals surface area contributed by atoms with E-state index in [-0.39, 0.29) is 10.8 Å². The average molecular weight is 798 g/mol. The van der Waals surface area contributed by atoms with Crippen LogP contribution in [0, 0.1) is 0 Å². The highest BCUT2D eigenvalue weighted by Gasteiger charge is 2.52. The van der Waals surface area contributed by atoms with E-state index < -0.39 is 5.41 Å². The standard InChI is InChI=1S/C61H51N/c1-59(2,3)44-27-34-52-53-35-28-45(60(4,5)6)38-57(53)61(56(52)37-44)55-22-13-12-20-51(55)54-36-33-48(39-58(54)61)62(46-29-23-41(24-30-46)40-15-8-7-9-16-40)47-31-25-43(26-32-47)50-21-14-18-42-17-10-11-19-49(42)50/h7-39H,1-6H3. The molecule has 1 nitrogen and oxygen atoms in total. The molecule has 0 heterocycles. The van der Waals surface area contributed by atoms with Gasteiger partial charge >= 0.3 is 0 Å². The number of nitrogens with zero attached hydrogens (tertiary/aromatic N) is 1. The van der Waals surface area contributed by atoms with E-state index >= 15 is 0 Å². The van der Waals surface area contributed by atoms with Gasteiger partial charge < -0.3 is 4.90 Å². The number of benzene rings is 9. The SMILES string of the molecule is CC(C)(C)c1ccc2c(c1)C1(c3ccccc3-c3ccc(N(c4ccc(-c5ccccc5)cc4)c4ccc(-c5cccc6ccccc56)cc4)cc31)c1cc(C(C)(C)C)ccc1-2. The molecule has 0 aromatic heterocycles. The summed E-state index contributed by atoms with van der Waals surface area (Å²) in [5, 5.41) is 2.52. The lowest BCUT2D eigenvalue weighted by atomic mass is 9.68. The van der Waals surface area contributed by atoms with Gasteiger partial charge in [-0.3, -0.25) is 0 Å². The maximum absolute atomic E-state index is 2.54. The number of fused-ring (bicyclic) bond motifs is 11. The summed E-state index contributed by atoms with van der Waals surface area (Å²) in [5.41, 5.74) is 21.2. The highest BCUT2D eigenvalue weighted by atomic mass is 15.1. The van der Waals surface area contributed by atoms with Crippen LogP contribution in [-0.2, 0) is 16.2 Å². The average Bonchev–Trinajstić information content (AvgIpc) is 3.75. The van der Waals surface area contributed by atoms with Crippen molar-refractivity contribution in [2.75, 3.05) is 4.90 Å². The number of rotatable bonds is 5. The molecule has 300 valence electrons. The van der Waals surface area contributed by atoms with Crippen molar-refractivity contribution in [3.05, 3.63) is 234 Å². The van der Waals surface area contributed by atoms with Gasteiger partial charge in [-0.2, -0.15) is 0 Å². The van der Waals surface area contributed by atoms with Gasteiger partial charge in [-0.1, -0.05) is 205 Å². The molecule has 11 rings (SSSR count). The predicted molar refractivity (Wildman–Crippen MR) is 263 cm³/mol. The van der Waals surface area contributed by atoms with Crippen LogP contribution >= 0.6 is 0 Å². The zero-order valence-electron chi connectivity index (χ0n) is 36.5. The molecule has 0 bridgehead atoms. The maximum Gasteiger partial charge on any atom is 0.0726 e. The molecular weight excluding hydrogens is 747 g/mol. The van der Waals surface area contributed by atoms with Crippen molar-refractivity contribution in [3.63, 3.8) is 0 Å². The minimum atomic E-state index is -0.490. The van der Waals surface area contributed by atoms with Crippen LogP contribution < -0.4 is 4.90 Å². The van der Waals surface area contributed by atoms with Crippen LogP contribution in [0.3, 0.4) is 0 Å². The fraction of sp³-hybridized carbons (Fsp3) is 0.148. The third-order valence-electron chi connectivity index (χ3n) is 13.6. The van der Waals surface area contributed by atoms with Gasteiger partial charge in [0, 0.05) is 17.1 Å². The summed E-state index contributed by atoms with van der Waals surface area (Å²) in [6.45, 7) is 14.0. The number of anilines is 3. The topological polar surface area (TPSA) is 3.24 Å². The Morgan fingerprint density at radius 1 is 0.323 bits per heavy atom.